The Labute approximate surface area is 219 Å². The SMILES string of the molecule is CCNC(=NCC1CCCN(CC(C)C)C1)NC1CC2CCC(C1)N2Cc1ccccc1.I. The summed E-state index contributed by atoms with van der Waals surface area (Å²) in [5.74, 6) is 2.48. The molecule has 2 bridgehead atoms. The molecule has 0 amide bonds. The van der Waals surface area contributed by atoms with Gasteiger partial charge in [-0.1, -0.05) is 44.2 Å². The van der Waals surface area contributed by atoms with Gasteiger partial charge in [-0.3, -0.25) is 9.89 Å². The molecule has 3 fully saturated rings. The predicted molar refractivity (Wildman–Crippen MR) is 150 cm³/mol. The number of nitrogens with one attached hydrogen (secondary N) is 2. The van der Waals surface area contributed by atoms with E-state index in [1.54, 1.807) is 0 Å². The molecule has 2 N–H and O–H groups in total. The van der Waals surface area contributed by atoms with Crippen molar-refractivity contribution in [2.24, 2.45) is 16.8 Å². The van der Waals surface area contributed by atoms with Crippen LogP contribution in [0.5, 0.6) is 0 Å². The number of rotatable bonds is 8. The van der Waals surface area contributed by atoms with E-state index in [0.717, 1.165) is 31.5 Å². The van der Waals surface area contributed by atoms with Gasteiger partial charge in [0.05, 0.1) is 0 Å². The van der Waals surface area contributed by atoms with Crippen LogP contribution in [-0.2, 0) is 6.54 Å². The zero-order valence-electron chi connectivity index (χ0n) is 21.0. The van der Waals surface area contributed by atoms with Crippen molar-refractivity contribution in [2.45, 2.75) is 84.0 Å². The number of aliphatic imine (C=N–C) groups is 1. The van der Waals surface area contributed by atoms with E-state index in [9.17, 15) is 0 Å². The van der Waals surface area contributed by atoms with E-state index < -0.39 is 0 Å². The van der Waals surface area contributed by atoms with Crippen LogP contribution in [0.3, 0.4) is 0 Å². The summed E-state index contributed by atoms with van der Waals surface area (Å²) in [6.07, 6.45) is 7.80. The fourth-order valence-corrected chi connectivity index (χ4v) is 6.16. The minimum atomic E-state index is 0. The summed E-state index contributed by atoms with van der Waals surface area (Å²) in [4.78, 5) is 10.5. The maximum atomic E-state index is 5.06. The lowest BCUT2D eigenvalue weighted by Crippen LogP contribution is -2.52. The molecule has 1 aromatic rings. The average molecular weight is 568 g/mol. The van der Waals surface area contributed by atoms with Gasteiger partial charge in [0.15, 0.2) is 5.96 Å². The first-order valence-electron chi connectivity index (χ1n) is 13.2. The second kappa shape index (κ2) is 13.3. The number of nitrogens with zero attached hydrogens (tertiary/aromatic N) is 3. The molecule has 33 heavy (non-hydrogen) atoms. The molecule has 186 valence electrons. The van der Waals surface area contributed by atoms with Gasteiger partial charge in [0.2, 0.25) is 0 Å². The summed E-state index contributed by atoms with van der Waals surface area (Å²) in [7, 11) is 0. The van der Waals surface area contributed by atoms with E-state index in [4.69, 9.17) is 4.99 Å². The summed E-state index contributed by atoms with van der Waals surface area (Å²) < 4.78 is 0. The van der Waals surface area contributed by atoms with Gasteiger partial charge in [0.25, 0.3) is 0 Å². The molecule has 3 atom stereocenters. The van der Waals surface area contributed by atoms with Crippen molar-refractivity contribution in [1.29, 1.82) is 0 Å². The molecule has 0 saturated carbocycles. The maximum Gasteiger partial charge on any atom is 0.191 e. The van der Waals surface area contributed by atoms with Crippen molar-refractivity contribution in [3.05, 3.63) is 35.9 Å². The minimum Gasteiger partial charge on any atom is -0.357 e. The van der Waals surface area contributed by atoms with Crippen LogP contribution in [-0.4, -0.2) is 66.6 Å². The van der Waals surface area contributed by atoms with Crippen molar-refractivity contribution >= 4 is 29.9 Å². The van der Waals surface area contributed by atoms with Crippen molar-refractivity contribution in [1.82, 2.24) is 20.4 Å². The third-order valence-corrected chi connectivity index (χ3v) is 7.51. The molecule has 1 aromatic carbocycles. The molecule has 3 saturated heterocycles. The number of benzene rings is 1. The molecule has 0 radical (unpaired) electrons. The standard InChI is InChI=1S/C27H45N5.HI/c1-4-28-27(29-17-23-11-8-14-31(19-23)18-21(2)3)30-24-15-25-12-13-26(16-24)32(25)20-22-9-6-5-7-10-22;/h5-7,9-10,21,23-26H,4,8,11-20H2,1-3H3,(H2,28,29,30);1H. The van der Waals surface area contributed by atoms with Crippen LogP contribution in [0.4, 0.5) is 0 Å². The van der Waals surface area contributed by atoms with Gasteiger partial charge in [0, 0.05) is 50.8 Å². The first-order valence-corrected chi connectivity index (χ1v) is 13.2. The Kier molecular flexibility index (Phi) is 10.8. The molecule has 3 heterocycles. The number of hydrogen-bond donors (Lipinski definition) is 2. The highest BCUT2D eigenvalue weighted by molar-refractivity contribution is 14.0. The Morgan fingerprint density at radius 2 is 1.82 bits per heavy atom. The Morgan fingerprint density at radius 3 is 2.48 bits per heavy atom. The van der Waals surface area contributed by atoms with Crippen LogP contribution < -0.4 is 10.6 Å². The third kappa shape index (κ3) is 7.82. The van der Waals surface area contributed by atoms with Gasteiger partial charge < -0.3 is 15.5 Å². The van der Waals surface area contributed by atoms with Gasteiger partial charge in [-0.05, 0) is 69.4 Å². The van der Waals surface area contributed by atoms with Crippen molar-refractivity contribution in [2.75, 3.05) is 32.7 Å². The molecule has 0 aromatic heterocycles. The smallest absolute Gasteiger partial charge is 0.191 e. The summed E-state index contributed by atoms with van der Waals surface area (Å²) in [6, 6.07) is 12.9. The lowest BCUT2D eigenvalue weighted by molar-refractivity contribution is 0.114. The molecule has 3 aliphatic rings. The first-order chi connectivity index (χ1) is 15.6. The highest BCUT2D eigenvalue weighted by Crippen LogP contribution is 2.36. The highest BCUT2D eigenvalue weighted by atomic mass is 127. The van der Waals surface area contributed by atoms with E-state index in [1.807, 2.05) is 0 Å². The third-order valence-electron chi connectivity index (χ3n) is 7.51. The number of fused-ring (bicyclic) bond motifs is 2. The highest BCUT2D eigenvalue weighted by Gasteiger charge is 2.40. The van der Waals surface area contributed by atoms with Gasteiger partial charge in [0.1, 0.15) is 0 Å². The number of piperidine rings is 2. The average Bonchev–Trinajstić information content (AvgIpc) is 3.00. The summed E-state index contributed by atoms with van der Waals surface area (Å²) in [5.41, 5.74) is 1.45. The van der Waals surface area contributed by atoms with Crippen LogP contribution in [0.1, 0.15) is 64.9 Å². The lowest BCUT2D eigenvalue weighted by atomic mass is 9.96. The van der Waals surface area contributed by atoms with E-state index in [-0.39, 0.29) is 24.0 Å². The molecule has 3 unspecified atom stereocenters. The number of hydrogen-bond acceptors (Lipinski definition) is 3. The number of guanidine groups is 1. The molecule has 4 rings (SSSR count). The van der Waals surface area contributed by atoms with Crippen molar-refractivity contribution in [3.63, 3.8) is 0 Å². The maximum absolute atomic E-state index is 5.06. The molecular weight excluding hydrogens is 521 g/mol. The van der Waals surface area contributed by atoms with E-state index >= 15 is 0 Å². The molecular formula is C27H46IN5. The fraction of sp³-hybridized carbons (Fsp3) is 0.741. The number of likely N-dealkylation sites (tertiary alicyclic amines) is 1. The predicted octanol–water partition coefficient (Wildman–Crippen LogP) is 4.72. The van der Waals surface area contributed by atoms with E-state index in [1.165, 1.54) is 63.7 Å². The summed E-state index contributed by atoms with van der Waals surface area (Å²) in [6.45, 7) is 13.5. The zero-order chi connectivity index (χ0) is 22.3. The Bertz CT molecular complexity index is 710. The Balaban J connectivity index is 0.00000306. The van der Waals surface area contributed by atoms with Crippen molar-refractivity contribution in [3.8, 4) is 0 Å². The monoisotopic (exact) mass is 567 g/mol. The van der Waals surface area contributed by atoms with E-state index in [2.05, 4.69) is 71.5 Å². The Hall–Kier alpha value is -0.860. The van der Waals surface area contributed by atoms with Crippen LogP contribution in [0.15, 0.2) is 35.3 Å². The molecule has 5 nitrogen and oxygen atoms in total. The minimum absolute atomic E-state index is 0. The largest absolute Gasteiger partial charge is 0.357 e. The van der Waals surface area contributed by atoms with Crippen molar-refractivity contribution < 1.29 is 0 Å². The van der Waals surface area contributed by atoms with Crippen LogP contribution in [0, 0.1) is 11.8 Å². The van der Waals surface area contributed by atoms with E-state index in [0.29, 0.717) is 24.0 Å². The fourth-order valence-electron chi connectivity index (χ4n) is 6.16. The number of halogens is 1. The topological polar surface area (TPSA) is 42.9 Å². The zero-order valence-corrected chi connectivity index (χ0v) is 23.3. The molecule has 0 aliphatic carbocycles. The lowest BCUT2D eigenvalue weighted by Gasteiger charge is -2.39. The quantitative estimate of drug-likeness (QED) is 0.271. The summed E-state index contributed by atoms with van der Waals surface area (Å²) in [5, 5.41) is 7.35. The van der Waals surface area contributed by atoms with Crippen LogP contribution in [0.2, 0.25) is 0 Å². The normalized spacial score (nSPS) is 28.5. The Morgan fingerprint density at radius 1 is 1.09 bits per heavy atom. The van der Waals surface area contributed by atoms with Gasteiger partial charge in [-0.15, -0.1) is 24.0 Å². The second-order valence-corrected chi connectivity index (χ2v) is 10.7. The second-order valence-electron chi connectivity index (χ2n) is 10.7. The summed E-state index contributed by atoms with van der Waals surface area (Å²) >= 11 is 0. The molecule has 6 heteroatoms. The van der Waals surface area contributed by atoms with Gasteiger partial charge in [-0.2, -0.15) is 0 Å². The van der Waals surface area contributed by atoms with Gasteiger partial charge in [-0.25, -0.2) is 0 Å². The first kappa shape index (κ1) is 26.7. The van der Waals surface area contributed by atoms with Crippen LogP contribution >= 0.6 is 24.0 Å². The van der Waals surface area contributed by atoms with Crippen LogP contribution in [0.25, 0.3) is 0 Å². The molecule has 0 spiro atoms. The molecule has 3 aliphatic heterocycles. The van der Waals surface area contributed by atoms with Gasteiger partial charge >= 0.3 is 0 Å².